The third-order valence-electron chi connectivity index (χ3n) is 4.70. The van der Waals surface area contributed by atoms with Crippen LogP contribution >= 0.6 is 39.0 Å². The van der Waals surface area contributed by atoms with Crippen LogP contribution in [0.25, 0.3) is 0 Å². The van der Waals surface area contributed by atoms with E-state index in [9.17, 15) is 0 Å². The lowest BCUT2D eigenvalue weighted by Crippen LogP contribution is -2.37. The molecule has 4 heteroatoms. The highest BCUT2D eigenvalue weighted by atomic mass is 79.9. The maximum Gasteiger partial charge on any atom is 0.0704 e. The van der Waals surface area contributed by atoms with Crippen LogP contribution in [-0.4, -0.2) is 17.5 Å². The fraction of sp³-hybridized carbons (Fsp3) is 0.733. The number of halogens is 1. The summed E-state index contributed by atoms with van der Waals surface area (Å²) in [5.74, 6) is 0. The summed E-state index contributed by atoms with van der Waals surface area (Å²) in [5.41, 5.74) is 1.57. The van der Waals surface area contributed by atoms with Crippen LogP contribution in [0.4, 0.5) is 0 Å². The van der Waals surface area contributed by atoms with Crippen molar-refractivity contribution in [2.45, 2.75) is 55.7 Å². The minimum atomic E-state index is 0.519. The van der Waals surface area contributed by atoms with Gasteiger partial charge in [0.1, 0.15) is 0 Å². The lowest BCUT2D eigenvalue weighted by atomic mass is 9.93. The largest absolute Gasteiger partial charge is 0.309 e. The second kappa shape index (κ2) is 6.08. The molecule has 3 rings (SSSR count). The van der Waals surface area contributed by atoms with E-state index in [0.717, 1.165) is 0 Å². The first-order valence-corrected chi connectivity index (χ1v) is 10.1. The summed E-state index contributed by atoms with van der Waals surface area (Å²) in [6.07, 6.45) is 11.8. The Hall–Kier alpha value is 0.490. The zero-order valence-corrected chi connectivity index (χ0v) is 14.7. The van der Waals surface area contributed by atoms with E-state index in [4.69, 9.17) is 0 Å². The van der Waals surface area contributed by atoms with E-state index in [0.29, 0.717) is 10.8 Å². The van der Waals surface area contributed by atoms with E-state index in [1.165, 1.54) is 55.3 Å². The number of thioether (sulfide) groups is 1. The first-order valence-electron chi connectivity index (χ1n) is 7.29. The van der Waals surface area contributed by atoms with Gasteiger partial charge in [-0.15, -0.1) is 11.3 Å². The van der Waals surface area contributed by atoms with Gasteiger partial charge in [-0.05, 0) is 65.9 Å². The first-order chi connectivity index (χ1) is 9.22. The molecule has 0 amide bonds. The van der Waals surface area contributed by atoms with Gasteiger partial charge in [-0.2, -0.15) is 11.8 Å². The highest BCUT2D eigenvalue weighted by Crippen LogP contribution is 2.42. The van der Waals surface area contributed by atoms with Crippen molar-refractivity contribution >= 4 is 39.0 Å². The molecular weight excluding hydrogens is 338 g/mol. The molecule has 0 saturated heterocycles. The summed E-state index contributed by atoms with van der Waals surface area (Å²) in [6, 6.07) is 2.94. The van der Waals surface area contributed by atoms with Gasteiger partial charge in [-0.3, -0.25) is 0 Å². The van der Waals surface area contributed by atoms with Crippen molar-refractivity contribution in [2.75, 3.05) is 12.8 Å². The van der Waals surface area contributed by atoms with Crippen LogP contribution in [0.5, 0.6) is 0 Å². The Labute approximate surface area is 133 Å². The summed E-state index contributed by atoms with van der Waals surface area (Å²) < 4.78 is 1.82. The molecule has 1 aromatic rings. The molecule has 1 saturated carbocycles. The number of rotatable bonds is 4. The molecule has 0 aromatic carbocycles. The van der Waals surface area contributed by atoms with E-state index in [2.05, 4.69) is 45.3 Å². The van der Waals surface area contributed by atoms with Crippen molar-refractivity contribution in [1.82, 2.24) is 5.32 Å². The van der Waals surface area contributed by atoms with Crippen molar-refractivity contribution < 1.29 is 0 Å². The monoisotopic (exact) mass is 359 g/mol. The van der Waals surface area contributed by atoms with E-state index in [1.54, 1.807) is 10.4 Å². The molecule has 2 aliphatic rings. The molecule has 19 heavy (non-hydrogen) atoms. The van der Waals surface area contributed by atoms with Crippen LogP contribution < -0.4 is 5.32 Å². The van der Waals surface area contributed by atoms with Crippen LogP contribution in [0.3, 0.4) is 0 Å². The van der Waals surface area contributed by atoms with Crippen molar-refractivity contribution in [3.05, 3.63) is 20.3 Å². The number of nitrogens with one attached hydrogen (secondary N) is 1. The third kappa shape index (κ3) is 3.07. The van der Waals surface area contributed by atoms with Crippen molar-refractivity contribution in [1.29, 1.82) is 0 Å². The molecule has 1 nitrogen and oxygen atoms in total. The van der Waals surface area contributed by atoms with Crippen LogP contribution in [0, 0.1) is 0 Å². The Balaban J connectivity index is 1.67. The average molecular weight is 360 g/mol. The molecule has 1 N–H and O–H groups in total. The minimum absolute atomic E-state index is 0.519. The molecule has 1 atom stereocenters. The Bertz CT molecular complexity index is 437. The lowest BCUT2D eigenvalue weighted by Gasteiger charge is -2.31. The Morgan fingerprint density at radius 1 is 1.42 bits per heavy atom. The van der Waals surface area contributed by atoms with Crippen LogP contribution in [0.2, 0.25) is 0 Å². The molecule has 0 radical (unpaired) electrons. The number of thiophene rings is 1. The maximum absolute atomic E-state index is 3.89. The highest BCUT2D eigenvalue weighted by molar-refractivity contribution is 9.11. The molecule has 0 aliphatic heterocycles. The molecule has 1 aromatic heterocycles. The fourth-order valence-corrected chi connectivity index (χ4v) is 6.26. The van der Waals surface area contributed by atoms with Gasteiger partial charge in [-0.1, -0.05) is 12.8 Å². The predicted molar refractivity (Wildman–Crippen MR) is 90.4 cm³/mol. The van der Waals surface area contributed by atoms with E-state index < -0.39 is 0 Å². The zero-order valence-electron chi connectivity index (χ0n) is 11.5. The summed E-state index contributed by atoms with van der Waals surface area (Å²) >= 11 is 7.66. The van der Waals surface area contributed by atoms with Gasteiger partial charge in [0.15, 0.2) is 0 Å². The molecule has 0 bridgehead atoms. The number of hydrogen-bond acceptors (Lipinski definition) is 3. The van der Waals surface area contributed by atoms with Crippen molar-refractivity contribution in [3.8, 4) is 0 Å². The van der Waals surface area contributed by atoms with Crippen LogP contribution in [0.15, 0.2) is 9.85 Å². The van der Waals surface area contributed by atoms with Crippen LogP contribution in [0.1, 0.15) is 55.0 Å². The van der Waals surface area contributed by atoms with Gasteiger partial charge in [0, 0.05) is 22.2 Å². The van der Waals surface area contributed by atoms with Gasteiger partial charge in [0.2, 0.25) is 0 Å². The van der Waals surface area contributed by atoms with Gasteiger partial charge < -0.3 is 5.32 Å². The number of hydrogen-bond donors (Lipinski definition) is 1. The first kappa shape index (κ1) is 14.4. The Morgan fingerprint density at radius 3 is 2.95 bits per heavy atom. The summed E-state index contributed by atoms with van der Waals surface area (Å²) in [5, 5.41) is 3.89. The number of fused-ring (bicyclic) bond motifs is 1. The Morgan fingerprint density at radius 2 is 2.21 bits per heavy atom. The maximum atomic E-state index is 3.89. The molecule has 1 fully saturated rings. The molecule has 2 aliphatic carbocycles. The lowest BCUT2D eigenvalue weighted by molar-refractivity contribution is 0.426. The number of aryl methyl sites for hydroxylation is 1. The summed E-state index contributed by atoms with van der Waals surface area (Å²) in [7, 11) is 0. The Kier molecular flexibility index (Phi) is 4.62. The summed E-state index contributed by atoms with van der Waals surface area (Å²) in [4.78, 5) is 1.60. The second-order valence-electron chi connectivity index (χ2n) is 5.85. The van der Waals surface area contributed by atoms with E-state index in [1.807, 2.05) is 11.3 Å². The third-order valence-corrected chi connectivity index (χ3v) is 7.83. The summed E-state index contributed by atoms with van der Waals surface area (Å²) in [6.45, 7) is 1.19. The standard InChI is InChI=1S/C15H22BrNS2/c1-18-15(7-2-3-8-15)10-17-12-5-4-6-13-11(12)9-14(16)19-13/h9,12,17H,2-8,10H2,1H3. The van der Waals surface area contributed by atoms with E-state index in [-0.39, 0.29) is 0 Å². The smallest absolute Gasteiger partial charge is 0.0704 e. The van der Waals surface area contributed by atoms with Gasteiger partial charge >= 0.3 is 0 Å². The van der Waals surface area contributed by atoms with Gasteiger partial charge in [0.05, 0.1) is 3.79 Å². The normalized spacial score (nSPS) is 25.5. The van der Waals surface area contributed by atoms with Crippen molar-refractivity contribution in [2.24, 2.45) is 0 Å². The molecule has 1 unspecified atom stereocenters. The predicted octanol–water partition coefficient (Wildman–Crippen LogP) is 5.15. The molecule has 1 heterocycles. The van der Waals surface area contributed by atoms with Gasteiger partial charge in [-0.25, -0.2) is 0 Å². The molecular formula is C15H22BrNS2. The topological polar surface area (TPSA) is 12.0 Å². The SMILES string of the molecule is CSC1(CNC2CCCc3sc(Br)cc32)CCCC1. The average Bonchev–Trinajstić information content (AvgIpc) is 3.02. The fourth-order valence-electron chi connectivity index (χ4n) is 3.52. The van der Waals surface area contributed by atoms with E-state index >= 15 is 0 Å². The highest BCUT2D eigenvalue weighted by Gasteiger charge is 2.34. The van der Waals surface area contributed by atoms with Crippen LogP contribution in [-0.2, 0) is 6.42 Å². The molecule has 106 valence electrons. The second-order valence-corrected chi connectivity index (χ2v) is 9.64. The zero-order chi connectivity index (χ0) is 13.3. The van der Waals surface area contributed by atoms with Gasteiger partial charge in [0.25, 0.3) is 0 Å². The minimum Gasteiger partial charge on any atom is -0.309 e. The van der Waals surface area contributed by atoms with Crippen molar-refractivity contribution in [3.63, 3.8) is 0 Å². The quantitative estimate of drug-likeness (QED) is 0.797. The molecule has 0 spiro atoms.